The number of rotatable bonds is 8. The molecular weight excluding hydrogens is 1620 g/mol. The molecule has 6 aromatic heterocycles. The highest BCUT2D eigenvalue weighted by Gasteiger charge is 2.20. The summed E-state index contributed by atoms with van der Waals surface area (Å²) in [6, 6.07) is 134. The Morgan fingerprint density at radius 1 is 0.172 bits per heavy atom. The van der Waals surface area contributed by atoms with Gasteiger partial charge in [-0.2, -0.15) is 0 Å². The van der Waals surface area contributed by atoms with Crippen molar-refractivity contribution in [2.24, 2.45) is 0 Å². The van der Waals surface area contributed by atoms with Crippen LogP contribution in [0.1, 0.15) is 0 Å². The van der Waals surface area contributed by atoms with E-state index in [4.69, 9.17) is 58.0 Å². The summed E-state index contributed by atoms with van der Waals surface area (Å²) in [4.78, 5) is 44.5. The fourth-order valence-electron chi connectivity index (χ4n) is 15.7. The lowest BCUT2D eigenvalue weighted by atomic mass is 9.94. The lowest BCUT2D eigenvalue weighted by molar-refractivity contribution is 1.22. The molecule has 0 aliphatic carbocycles. The molecule has 0 spiro atoms. The van der Waals surface area contributed by atoms with Crippen LogP contribution < -0.4 is 0 Å². The molecule has 0 saturated heterocycles. The first-order chi connectivity index (χ1) is 60.0. The van der Waals surface area contributed by atoms with Crippen molar-refractivity contribution in [3.63, 3.8) is 0 Å². The van der Waals surface area contributed by atoms with Crippen molar-refractivity contribution in [2.75, 3.05) is 0 Å². The highest BCUT2D eigenvalue weighted by atomic mass is 35.5. The van der Waals surface area contributed by atoms with Gasteiger partial charge in [-0.15, -0.1) is 11.3 Å². The van der Waals surface area contributed by atoms with Crippen LogP contribution in [0, 0.1) is 0 Å². The van der Waals surface area contributed by atoms with E-state index in [0.29, 0.717) is 0 Å². The average Bonchev–Trinajstić information content (AvgIpc) is 0.864. The molecule has 0 N–H and O–H groups in total. The van der Waals surface area contributed by atoms with Crippen molar-refractivity contribution >= 4 is 176 Å². The van der Waals surface area contributed by atoms with Gasteiger partial charge in [0, 0.05) is 74.9 Å². The van der Waals surface area contributed by atoms with E-state index in [1.165, 1.54) is 52.7 Å². The number of fused-ring (bicyclic) bond motifs is 13. The smallest absolute Gasteiger partial charge is 0.218 e. The number of thiophene rings is 1. The molecule has 122 heavy (non-hydrogen) atoms. The molecular formula is C106H65Cl5N10S. The lowest BCUT2D eigenvalue weighted by Crippen LogP contribution is -1.93. The topological polar surface area (TPSA) is 129 Å². The summed E-state index contributed by atoms with van der Waals surface area (Å²) in [5, 5.41) is 16.1. The Balaban J connectivity index is 0.000000101. The van der Waals surface area contributed by atoms with Crippen molar-refractivity contribution in [2.45, 2.75) is 0 Å². The van der Waals surface area contributed by atoms with E-state index in [0.717, 1.165) is 144 Å². The van der Waals surface area contributed by atoms with E-state index in [2.05, 4.69) is 256 Å². The molecule has 0 fully saturated rings. The van der Waals surface area contributed by atoms with Crippen molar-refractivity contribution < 1.29 is 0 Å². The van der Waals surface area contributed by atoms with Crippen molar-refractivity contribution in [3.05, 3.63) is 421 Å². The van der Waals surface area contributed by atoms with Gasteiger partial charge in [0.2, 0.25) is 26.4 Å². The molecule has 0 aliphatic rings. The van der Waals surface area contributed by atoms with E-state index in [9.17, 15) is 0 Å². The number of hydrogen-bond acceptors (Lipinski definition) is 11. The zero-order valence-corrected chi connectivity index (χ0v) is 69.4. The molecule has 16 heteroatoms. The van der Waals surface area contributed by atoms with Crippen LogP contribution in [0.4, 0.5) is 0 Å². The Labute approximate surface area is 730 Å². The maximum Gasteiger partial charge on any atom is 0.223 e. The summed E-state index contributed by atoms with van der Waals surface area (Å²) < 4.78 is 2.52. The van der Waals surface area contributed by atoms with Gasteiger partial charge in [0.15, 0.2) is 0 Å². The largest absolute Gasteiger partial charge is 0.223 e. The van der Waals surface area contributed by atoms with Gasteiger partial charge in [-0.1, -0.05) is 328 Å². The molecule has 10 nitrogen and oxygen atoms in total. The molecule has 0 amide bonds. The maximum absolute atomic E-state index is 6.27. The molecule has 0 saturated carbocycles. The minimum atomic E-state index is 0.255. The quantitative estimate of drug-likeness (QED) is 0.107. The second kappa shape index (κ2) is 35.1. The van der Waals surface area contributed by atoms with Gasteiger partial charge < -0.3 is 0 Å². The Morgan fingerprint density at radius 2 is 0.533 bits per heavy atom. The van der Waals surface area contributed by atoms with Gasteiger partial charge in [0.1, 0.15) is 0 Å². The minimum Gasteiger partial charge on any atom is -0.218 e. The Bertz CT molecular complexity index is 7790. The fraction of sp³-hybridized carbons (Fsp3) is 0. The summed E-state index contributed by atoms with van der Waals surface area (Å²) in [6.45, 7) is 0. The SMILES string of the molecule is Clc1nc(-c2cc(-c3ccccc3)cc(-c3ccccc3)c2)c2ccccc2n1.Clc1nc(-c2cc3ccccc3c3ccccc23)c2ccccc2n1.Clc1nc(-c2cccc3c2sc2ccccc23)c2ccccc2n1.Clc1nc(-c2ccccc2)c2c(ccc3ccccc32)n1.Clc1nc(-c2ccccc2)c2cc(-c3ccccc3)ccc2n1. The van der Waals surface area contributed by atoms with Crippen LogP contribution >= 0.6 is 69.3 Å². The first kappa shape index (κ1) is 77.8. The van der Waals surface area contributed by atoms with Gasteiger partial charge in [-0.25, -0.2) is 49.8 Å². The summed E-state index contributed by atoms with van der Waals surface area (Å²) in [6.07, 6.45) is 0. The number of benzene rings is 17. The summed E-state index contributed by atoms with van der Waals surface area (Å²) in [5.41, 5.74) is 20.8. The number of aromatic nitrogens is 10. The molecule has 0 atom stereocenters. The standard InChI is InChI=1S/C26H17ClN2.C22H13ClN2.C20H11ClN2S.C20H13ClN2.C18H11ClN2/c27-26-28-24-14-8-7-13-23(24)25(29-26)22-16-20(18-9-3-1-4-10-18)15-21(17-22)19-11-5-2-6-12-19;23-22-24-20-12-6-5-11-18(20)21(25-22)19-13-14-7-1-2-8-15(14)16-9-3-4-10-17(16)19;21-20-22-16-10-3-1-7-14(16)18(23-20)15-9-5-8-13-12-6-2-4-11-17(12)24-19(13)15;21-20-22-18-12-11-16(14-7-3-1-4-8-14)13-17(18)19(23-20)15-9-5-2-6-10-15;19-18-20-15-11-10-12-6-4-5-9-14(12)16(15)17(21-18)13-7-2-1-3-8-13/h1-17H;1-13H;1-11H;1-13H;1-11H. The monoisotopic (exact) mass is 1680 g/mol. The molecule has 0 radical (unpaired) electrons. The van der Waals surface area contributed by atoms with Crippen LogP contribution in [0.2, 0.25) is 26.4 Å². The normalized spacial score (nSPS) is 11.2. The summed E-state index contributed by atoms with van der Waals surface area (Å²) in [7, 11) is 0. The van der Waals surface area contributed by atoms with E-state index in [1.807, 2.05) is 188 Å². The van der Waals surface area contributed by atoms with E-state index in [-0.39, 0.29) is 26.4 Å². The van der Waals surface area contributed by atoms with Crippen molar-refractivity contribution in [3.8, 4) is 89.7 Å². The van der Waals surface area contributed by atoms with Gasteiger partial charge in [-0.3, -0.25) is 0 Å². The molecule has 0 unspecified atom stereocenters. The third-order valence-corrected chi connectivity index (χ3v) is 23.3. The van der Waals surface area contributed by atoms with E-state index in [1.54, 1.807) is 11.3 Å². The molecule has 23 rings (SSSR count). The van der Waals surface area contributed by atoms with Crippen LogP contribution in [0.5, 0.6) is 0 Å². The van der Waals surface area contributed by atoms with E-state index < -0.39 is 0 Å². The molecule has 23 aromatic rings. The second-order valence-electron chi connectivity index (χ2n) is 28.8. The van der Waals surface area contributed by atoms with Crippen LogP contribution in [0.25, 0.3) is 197 Å². The van der Waals surface area contributed by atoms with E-state index >= 15 is 0 Å². The predicted molar refractivity (Wildman–Crippen MR) is 512 cm³/mol. The summed E-state index contributed by atoms with van der Waals surface area (Å²) in [5.74, 6) is 0. The van der Waals surface area contributed by atoms with Crippen molar-refractivity contribution in [1.29, 1.82) is 0 Å². The van der Waals surface area contributed by atoms with Gasteiger partial charge in [-0.05, 0) is 190 Å². The molecule has 0 aliphatic heterocycles. The second-order valence-corrected chi connectivity index (χ2v) is 31.5. The Morgan fingerprint density at radius 3 is 1.08 bits per heavy atom. The maximum atomic E-state index is 6.27. The minimum absolute atomic E-state index is 0.255. The highest BCUT2D eigenvalue weighted by molar-refractivity contribution is 7.26. The van der Waals surface area contributed by atoms with Crippen LogP contribution in [-0.4, -0.2) is 49.8 Å². The molecule has 0 bridgehead atoms. The van der Waals surface area contributed by atoms with Crippen LogP contribution in [-0.2, 0) is 0 Å². The fourth-order valence-corrected chi connectivity index (χ4v) is 17.8. The zero-order valence-electron chi connectivity index (χ0n) is 64.8. The summed E-state index contributed by atoms with van der Waals surface area (Å²) >= 11 is 32.7. The van der Waals surface area contributed by atoms with Crippen molar-refractivity contribution in [1.82, 2.24) is 49.8 Å². The number of hydrogen-bond donors (Lipinski definition) is 0. The average molecular weight is 1690 g/mol. The third-order valence-electron chi connectivity index (χ3n) is 21.3. The van der Waals surface area contributed by atoms with Crippen LogP contribution in [0.3, 0.4) is 0 Å². The number of para-hydroxylation sites is 3. The molecule has 17 aromatic carbocycles. The van der Waals surface area contributed by atoms with Crippen LogP contribution in [0.15, 0.2) is 394 Å². The first-order valence-corrected chi connectivity index (χ1v) is 42.1. The van der Waals surface area contributed by atoms with Gasteiger partial charge in [0.05, 0.1) is 56.1 Å². The van der Waals surface area contributed by atoms with Gasteiger partial charge in [0.25, 0.3) is 0 Å². The molecule has 580 valence electrons. The number of nitrogens with zero attached hydrogens (tertiary/aromatic N) is 10. The highest BCUT2D eigenvalue weighted by Crippen LogP contribution is 2.44. The Kier molecular flexibility index (Phi) is 22.4. The molecule has 6 heterocycles. The first-order valence-electron chi connectivity index (χ1n) is 39.4. The predicted octanol–water partition coefficient (Wildman–Crippen LogP) is 30.6. The lowest BCUT2D eigenvalue weighted by Gasteiger charge is -2.12. The van der Waals surface area contributed by atoms with Gasteiger partial charge >= 0.3 is 0 Å². The zero-order chi connectivity index (χ0) is 82.4. The third kappa shape index (κ3) is 16.4. The number of halogens is 5. The Hall–Kier alpha value is -14.1.